The van der Waals surface area contributed by atoms with E-state index in [0.29, 0.717) is 5.82 Å². The standard InChI is InChI=1S/C11H10ClN3S/c12-9-4-2-1-3-8(9)7-16-11-6-14-5-10(13)15-11/h1-6H,7H2,(H2,13,15). The average molecular weight is 252 g/mol. The fraction of sp³-hybridized carbons (Fsp3) is 0.0909. The van der Waals surface area contributed by atoms with Crippen LogP contribution in [0.15, 0.2) is 41.7 Å². The van der Waals surface area contributed by atoms with Crippen molar-refractivity contribution < 1.29 is 0 Å². The average Bonchev–Trinajstić information content (AvgIpc) is 2.28. The van der Waals surface area contributed by atoms with Crippen molar-refractivity contribution >= 4 is 29.2 Å². The highest BCUT2D eigenvalue weighted by Crippen LogP contribution is 2.25. The predicted molar refractivity (Wildman–Crippen MR) is 67.5 cm³/mol. The number of hydrogen-bond acceptors (Lipinski definition) is 4. The first-order chi connectivity index (χ1) is 7.75. The second-order valence-electron chi connectivity index (χ2n) is 3.16. The van der Waals surface area contributed by atoms with Crippen molar-refractivity contribution in [1.82, 2.24) is 9.97 Å². The molecule has 3 nitrogen and oxygen atoms in total. The summed E-state index contributed by atoms with van der Waals surface area (Å²) in [6.07, 6.45) is 3.22. The number of benzene rings is 1. The van der Waals surface area contributed by atoms with E-state index >= 15 is 0 Å². The molecule has 1 aromatic carbocycles. The minimum atomic E-state index is 0.434. The van der Waals surface area contributed by atoms with Gasteiger partial charge in [0.25, 0.3) is 0 Å². The van der Waals surface area contributed by atoms with Crippen LogP contribution in [-0.2, 0) is 5.75 Å². The van der Waals surface area contributed by atoms with Gasteiger partial charge in [-0.1, -0.05) is 41.6 Å². The molecule has 0 aliphatic carbocycles. The summed E-state index contributed by atoms with van der Waals surface area (Å²) in [5.41, 5.74) is 6.63. The van der Waals surface area contributed by atoms with E-state index in [0.717, 1.165) is 21.4 Å². The monoisotopic (exact) mass is 251 g/mol. The van der Waals surface area contributed by atoms with E-state index in [1.165, 1.54) is 6.20 Å². The Balaban J connectivity index is 2.05. The highest BCUT2D eigenvalue weighted by atomic mass is 35.5. The Hall–Kier alpha value is -1.26. The summed E-state index contributed by atoms with van der Waals surface area (Å²) >= 11 is 7.61. The number of aromatic nitrogens is 2. The summed E-state index contributed by atoms with van der Waals surface area (Å²) in [5.74, 6) is 1.20. The van der Waals surface area contributed by atoms with Gasteiger partial charge in [0.1, 0.15) is 10.8 Å². The van der Waals surface area contributed by atoms with Gasteiger partial charge in [0.15, 0.2) is 0 Å². The Kier molecular flexibility index (Phi) is 3.64. The zero-order chi connectivity index (χ0) is 11.4. The molecule has 2 aromatic rings. The lowest BCUT2D eigenvalue weighted by atomic mass is 10.2. The van der Waals surface area contributed by atoms with Crippen LogP contribution in [-0.4, -0.2) is 9.97 Å². The Morgan fingerprint density at radius 1 is 1.25 bits per heavy atom. The van der Waals surface area contributed by atoms with Crippen LogP contribution in [0.5, 0.6) is 0 Å². The van der Waals surface area contributed by atoms with Gasteiger partial charge >= 0.3 is 0 Å². The SMILES string of the molecule is Nc1cncc(SCc2ccccc2Cl)n1. The molecule has 1 aromatic heterocycles. The molecule has 0 unspecified atom stereocenters. The molecule has 0 amide bonds. The number of thioether (sulfide) groups is 1. The fourth-order valence-corrected chi connectivity index (χ4v) is 2.34. The first-order valence-corrected chi connectivity index (χ1v) is 6.06. The van der Waals surface area contributed by atoms with Crippen molar-refractivity contribution in [2.24, 2.45) is 0 Å². The lowest BCUT2D eigenvalue weighted by Gasteiger charge is -2.03. The summed E-state index contributed by atoms with van der Waals surface area (Å²) in [6, 6.07) is 7.75. The largest absolute Gasteiger partial charge is 0.382 e. The lowest BCUT2D eigenvalue weighted by Crippen LogP contribution is -1.92. The summed E-state index contributed by atoms with van der Waals surface area (Å²) in [5, 5.41) is 1.58. The molecule has 0 saturated heterocycles. The third-order valence-electron chi connectivity index (χ3n) is 1.96. The number of nitrogens with zero attached hydrogens (tertiary/aromatic N) is 2. The van der Waals surface area contributed by atoms with Crippen LogP contribution in [0.4, 0.5) is 5.82 Å². The predicted octanol–water partition coefficient (Wildman–Crippen LogP) is 3.00. The van der Waals surface area contributed by atoms with E-state index < -0.39 is 0 Å². The molecule has 0 saturated carbocycles. The van der Waals surface area contributed by atoms with E-state index in [4.69, 9.17) is 17.3 Å². The molecule has 0 fully saturated rings. The third-order valence-corrected chi connectivity index (χ3v) is 3.28. The molecule has 16 heavy (non-hydrogen) atoms. The molecular formula is C11H10ClN3S. The molecule has 0 aliphatic rings. The fourth-order valence-electron chi connectivity index (χ4n) is 1.20. The van der Waals surface area contributed by atoms with Crippen molar-refractivity contribution in [3.05, 3.63) is 47.2 Å². The highest BCUT2D eigenvalue weighted by Gasteiger charge is 2.01. The molecule has 0 aliphatic heterocycles. The van der Waals surface area contributed by atoms with Gasteiger partial charge in [0, 0.05) is 10.8 Å². The van der Waals surface area contributed by atoms with Gasteiger partial charge in [-0.15, -0.1) is 0 Å². The van der Waals surface area contributed by atoms with Crippen LogP contribution in [0.1, 0.15) is 5.56 Å². The van der Waals surface area contributed by atoms with Crippen molar-refractivity contribution in [1.29, 1.82) is 0 Å². The van der Waals surface area contributed by atoms with Crippen LogP contribution < -0.4 is 5.73 Å². The zero-order valence-electron chi connectivity index (χ0n) is 8.43. The van der Waals surface area contributed by atoms with Gasteiger partial charge in [-0.25, -0.2) is 4.98 Å². The molecule has 0 bridgehead atoms. The maximum atomic E-state index is 6.05. The Bertz CT molecular complexity index is 490. The van der Waals surface area contributed by atoms with E-state index in [-0.39, 0.29) is 0 Å². The second kappa shape index (κ2) is 5.18. The van der Waals surface area contributed by atoms with Gasteiger partial charge in [-0.05, 0) is 11.6 Å². The summed E-state index contributed by atoms with van der Waals surface area (Å²) < 4.78 is 0. The topological polar surface area (TPSA) is 51.8 Å². The second-order valence-corrected chi connectivity index (χ2v) is 4.57. The van der Waals surface area contributed by atoms with Gasteiger partial charge in [0.05, 0.1) is 12.4 Å². The zero-order valence-corrected chi connectivity index (χ0v) is 10.0. The van der Waals surface area contributed by atoms with E-state index in [2.05, 4.69) is 9.97 Å². The third kappa shape index (κ3) is 2.87. The van der Waals surface area contributed by atoms with Crippen LogP contribution in [0.3, 0.4) is 0 Å². The molecule has 5 heteroatoms. The molecule has 2 rings (SSSR count). The number of nitrogens with two attached hydrogens (primary N) is 1. The smallest absolute Gasteiger partial charge is 0.143 e. The van der Waals surface area contributed by atoms with Gasteiger partial charge in [0.2, 0.25) is 0 Å². The minimum Gasteiger partial charge on any atom is -0.382 e. The van der Waals surface area contributed by atoms with Crippen molar-refractivity contribution in [2.75, 3.05) is 5.73 Å². The van der Waals surface area contributed by atoms with Crippen molar-refractivity contribution in [3.8, 4) is 0 Å². The number of anilines is 1. The van der Waals surface area contributed by atoms with E-state index in [1.807, 2.05) is 24.3 Å². The summed E-state index contributed by atoms with van der Waals surface area (Å²) in [7, 11) is 0. The molecule has 0 radical (unpaired) electrons. The van der Waals surface area contributed by atoms with Crippen LogP contribution in [0.2, 0.25) is 5.02 Å². The number of hydrogen-bond donors (Lipinski definition) is 1. The Labute approximate surface area is 103 Å². The number of rotatable bonds is 3. The Morgan fingerprint density at radius 3 is 2.81 bits per heavy atom. The molecule has 0 spiro atoms. The van der Waals surface area contributed by atoms with Gasteiger partial charge < -0.3 is 5.73 Å². The van der Waals surface area contributed by atoms with Crippen LogP contribution in [0.25, 0.3) is 0 Å². The molecule has 82 valence electrons. The molecule has 1 heterocycles. The Morgan fingerprint density at radius 2 is 2.06 bits per heavy atom. The lowest BCUT2D eigenvalue weighted by molar-refractivity contribution is 1.07. The summed E-state index contributed by atoms with van der Waals surface area (Å²) in [6.45, 7) is 0. The van der Waals surface area contributed by atoms with E-state index in [9.17, 15) is 0 Å². The quantitative estimate of drug-likeness (QED) is 0.852. The van der Waals surface area contributed by atoms with Crippen molar-refractivity contribution in [3.63, 3.8) is 0 Å². The van der Waals surface area contributed by atoms with Gasteiger partial charge in [-0.2, -0.15) is 0 Å². The molecule has 2 N–H and O–H groups in total. The number of nitrogen functional groups attached to an aromatic ring is 1. The summed E-state index contributed by atoms with van der Waals surface area (Å²) in [4.78, 5) is 8.13. The molecule has 0 atom stereocenters. The normalized spacial score (nSPS) is 10.3. The maximum Gasteiger partial charge on any atom is 0.143 e. The first kappa shape index (κ1) is 11.2. The van der Waals surface area contributed by atoms with E-state index in [1.54, 1.807) is 18.0 Å². The van der Waals surface area contributed by atoms with Crippen molar-refractivity contribution in [2.45, 2.75) is 10.8 Å². The number of halogens is 1. The maximum absolute atomic E-state index is 6.05. The highest BCUT2D eigenvalue weighted by molar-refractivity contribution is 7.98. The molecular weight excluding hydrogens is 242 g/mol. The van der Waals surface area contributed by atoms with Crippen LogP contribution in [0, 0.1) is 0 Å². The van der Waals surface area contributed by atoms with Gasteiger partial charge in [-0.3, -0.25) is 4.98 Å². The first-order valence-electron chi connectivity index (χ1n) is 4.69. The minimum absolute atomic E-state index is 0.434. The van der Waals surface area contributed by atoms with Crippen LogP contribution >= 0.6 is 23.4 Å².